The van der Waals surface area contributed by atoms with E-state index in [0.29, 0.717) is 18.5 Å². The van der Waals surface area contributed by atoms with Gasteiger partial charge in [-0.05, 0) is 24.0 Å². The summed E-state index contributed by atoms with van der Waals surface area (Å²) in [7, 11) is 0. The average molecular weight is 490 g/mol. The standard InChI is InChI=1S/C20H34N4O2.HI/c1-4-21-20(22-13-17-7-5-6-8-18(17)15-25)23-14-19(16(2)3)24-9-11-26-12-10-24;/h5-8,16,19,25H,4,9-15H2,1-3H3,(H2,21,22,23);1H. The predicted molar refractivity (Wildman–Crippen MR) is 122 cm³/mol. The Labute approximate surface area is 180 Å². The fraction of sp³-hybridized carbons (Fsp3) is 0.650. The van der Waals surface area contributed by atoms with E-state index in [1.807, 2.05) is 24.3 Å². The van der Waals surface area contributed by atoms with Crippen LogP contribution in [0.5, 0.6) is 0 Å². The monoisotopic (exact) mass is 490 g/mol. The third-order valence-corrected chi connectivity index (χ3v) is 4.80. The second-order valence-electron chi connectivity index (χ2n) is 6.96. The van der Waals surface area contributed by atoms with E-state index < -0.39 is 0 Å². The van der Waals surface area contributed by atoms with Crippen LogP contribution in [0, 0.1) is 5.92 Å². The molecule has 1 aliphatic heterocycles. The highest BCUT2D eigenvalue weighted by Gasteiger charge is 2.23. The van der Waals surface area contributed by atoms with E-state index in [2.05, 4.69) is 36.3 Å². The maximum absolute atomic E-state index is 9.47. The number of morpholine rings is 1. The lowest BCUT2D eigenvalue weighted by Crippen LogP contribution is -2.52. The van der Waals surface area contributed by atoms with Crippen LogP contribution in [-0.2, 0) is 17.9 Å². The van der Waals surface area contributed by atoms with Gasteiger partial charge < -0.3 is 20.5 Å². The molecule has 7 heteroatoms. The lowest BCUT2D eigenvalue weighted by molar-refractivity contribution is 0.00752. The Kier molecular flexibility index (Phi) is 11.9. The number of benzene rings is 1. The molecule has 27 heavy (non-hydrogen) atoms. The number of nitrogens with one attached hydrogen (secondary N) is 2. The minimum Gasteiger partial charge on any atom is -0.392 e. The molecule has 3 N–H and O–H groups in total. The van der Waals surface area contributed by atoms with E-state index in [4.69, 9.17) is 9.73 Å². The van der Waals surface area contributed by atoms with Gasteiger partial charge in [-0.1, -0.05) is 38.1 Å². The van der Waals surface area contributed by atoms with Crippen molar-refractivity contribution in [2.75, 3.05) is 39.4 Å². The molecule has 0 radical (unpaired) electrons. The first-order valence-electron chi connectivity index (χ1n) is 9.67. The fourth-order valence-electron chi connectivity index (χ4n) is 3.27. The van der Waals surface area contributed by atoms with Gasteiger partial charge in [0.1, 0.15) is 0 Å². The molecule has 0 aliphatic carbocycles. The Morgan fingerprint density at radius 2 is 1.85 bits per heavy atom. The molecule has 1 heterocycles. The van der Waals surface area contributed by atoms with Crippen molar-refractivity contribution in [3.63, 3.8) is 0 Å². The highest BCUT2D eigenvalue weighted by atomic mass is 127. The summed E-state index contributed by atoms with van der Waals surface area (Å²) in [5.41, 5.74) is 1.99. The Bertz CT molecular complexity index is 563. The number of aliphatic hydroxyl groups excluding tert-OH is 1. The van der Waals surface area contributed by atoms with E-state index in [1.54, 1.807) is 0 Å². The minimum atomic E-state index is 0. The van der Waals surface area contributed by atoms with Crippen LogP contribution >= 0.6 is 24.0 Å². The van der Waals surface area contributed by atoms with Crippen LogP contribution in [0.2, 0.25) is 0 Å². The molecule has 0 amide bonds. The van der Waals surface area contributed by atoms with Gasteiger partial charge in [0.15, 0.2) is 5.96 Å². The maximum Gasteiger partial charge on any atom is 0.191 e. The molecule has 6 nitrogen and oxygen atoms in total. The summed E-state index contributed by atoms with van der Waals surface area (Å²) in [6.45, 7) is 12.5. The van der Waals surface area contributed by atoms with Crippen LogP contribution in [-0.4, -0.2) is 61.4 Å². The summed E-state index contributed by atoms with van der Waals surface area (Å²) in [6, 6.07) is 8.34. The van der Waals surface area contributed by atoms with Gasteiger partial charge in [-0.15, -0.1) is 24.0 Å². The molecule has 1 atom stereocenters. The van der Waals surface area contributed by atoms with Gasteiger partial charge in [0.05, 0.1) is 26.4 Å². The molecule has 1 aromatic carbocycles. The summed E-state index contributed by atoms with van der Waals surface area (Å²) < 4.78 is 5.48. The average Bonchev–Trinajstić information content (AvgIpc) is 2.67. The van der Waals surface area contributed by atoms with Gasteiger partial charge in [-0.2, -0.15) is 0 Å². The van der Waals surface area contributed by atoms with Crippen LogP contribution < -0.4 is 10.6 Å². The SMILES string of the molecule is CCNC(=NCc1ccccc1CO)NCC(C(C)C)N1CCOCC1.I. The Balaban J connectivity index is 0.00000364. The van der Waals surface area contributed by atoms with Crippen molar-refractivity contribution in [2.24, 2.45) is 10.9 Å². The summed E-state index contributed by atoms with van der Waals surface area (Å²) in [6.07, 6.45) is 0. The molecule has 0 aromatic heterocycles. The topological polar surface area (TPSA) is 69.1 Å². The number of nitrogens with zero attached hydrogens (tertiary/aromatic N) is 2. The Hall–Kier alpha value is -0.900. The molecule has 2 rings (SSSR count). The van der Waals surface area contributed by atoms with E-state index in [1.165, 1.54) is 0 Å². The molecule has 1 unspecified atom stereocenters. The third-order valence-electron chi connectivity index (χ3n) is 4.80. The van der Waals surface area contributed by atoms with Crippen LogP contribution in [0.3, 0.4) is 0 Å². The zero-order valence-electron chi connectivity index (χ0n) is 16.8. The smallest absolute Gasteiger partial charge is 0.191 e. The molecular formula is C20H35IN4O2. The van der Waals surface area contributed by atoms with E-state index in [9.17, 15) is 5.11 Å². The number of rotatable bonds is 8. The molecule has 1 aromatic rings. The maximum atomic E-state index is 9.47. The number of aliphatic imine (C=N–C) groups is 1. The number of hydrogen-bond acceptors (Lipinski definition) is 4. The molecule has 154 valence electrons. The number of ether oxygens (including phenoxy) is 1. The molecule has 0 bridgehead atoms. The first kappa shape index (κ1) is 24.1. The molecular weight excluding hydrogens is 455 g/mol. The van der Waals surface area contributed by atoms with Crippen molar-refractivity contribution in [2.45, 2.75) is 40.0 Å². The highest BCUT2D eigenvalue weighted by Crippen LogP contribution is 2.13. The summed E-state index contributed by atoms with van der Waals surface area (Å²) in [5, 5.41) is 16.3. The zero-order chi connectivity index (χ0) is 18.8. The minimum absolute atomic E-state index is 0. The van der Waals surface area contributed by atoms with E-state index in [0.717, 1.165) is 56.5 Å². The summed E-state index contributed by atoms with van der Waals surface area (Å²) in [5.74, 6) is 1.37. The number of hydrogen-bond donors (Lipinski definition) is 3. The second kappa shape index (κ2) is 13.3. The predicted octanol–water partition coefficient (Wildman–Crippen LogP) is 2.21. The Morgan fingerprint density at radius 3 is 2.44 bits per heavy atom. The quantitative estimate of drug-likeness (QED) is 0.296. The van der Waals surface area contributed by atoms with Crippen molar-refractivity contribution in [1.29, 1.82) is 0 Å². The number of guanidine groups is 1. The first-order chi connectivity index (χ1) is 12.7. The molecule has 0 spiro atoms. The molecule has 1 aliphatic rings. The van der Waals surface area contributed by atoms with Gasteiger partial charge >= 0.3 is 0 Å². The Morgan fingerprint density at radius 1 is 1.19 bits per heavy atom. The fourth-order valence-corrected chi connectivity index (χ4v) is 3.27. The number of halogens is 1. The highest BCUT2D eigenvalue weighted by molar-refractivity contribution is 14.0. The normalized spacial score (nSPS) is 16.7. The van der Waals surface area contributed by atoms with Crippen molar-refractivity contribution in [1.82, 2.24) is 15.5 Å². The van der Waals surface area contributed by atoms with E-state index in [-0.39, 0.29) is 30.6 Å². The number of aliphatic hydroxyl groups is 1. The third kappa shape index (κ3) is 7.93. The van der Waals surface area contributed by atoms with Crippen LogP contribution in [0.15, 0.2) is 29.3 Å². The lowest BCUT2D eigenvalue weighted by Gasteiger charge is -2.37. The van der Waals surface area contributed by atoms with Gasteiger partial charge in [-0.3, -0.25) is 4.90 Å². The van der Waals surface area contributed by atoms with Gasteiger partial charge in [-0.25, -0.2) is 4.99 Å². The molecule has 0 saturated carbocycles. The molecule has 1 saturated heterocycles. The van der Waals surface area contributed by atoms with Crippen molar-refractivity contribution >= 4 is 29.9 Å². The largest absolute Gasteiger partial charge is 0.392 e. The van der Waals surface area contributed by atoms with Gasteiger partial charge in [0, 0.05) is 32.2 Å². The van der Waals surface area contributed by atoms with Crippen molar-refractivity contribution < 1.29 is 9.84 Å². The van der Waals surface area contributed by atoms with Crippen LogP contribution in [0.4, 0.5) is 0 Å². The van der Waals surface area contributed by atoms with Crippen molar-refractivity contribution in [3.05, 3.63) is 35.4 Å². The second-order valence-corrected chi connectivity index (χ2v) is 6.96. The molecule has 1 fully saturated rings. The van der Waals surface area contributed by atoms with Gasteiger partial charge in [0.25, 0.3) is 0 Å². The lowest BCUT2D eigenvalue weighted by atomic mass is 10.0. The van der Waals surface area contributed by atoms with Crippen molar-refractivity contribution in [3.8, 4) is 0 Å². The van der Waals surface area contributed by atoms with Gasteiger partial charge in [0.2, 0.25) is 0 Å². The first-order valence-corrected chi connectivity index (χ1v) is 9.67. The van der Waals surface area contributed by atoms with E-state index >= 15 is 0 Å². The van der Waals surface area contributed by atoms with Crippen LogP contribution in [0.25, 0.3) is 0 Å². The summed E-state index contributed by atoms with van der Waals surface area (Å²) >= 11 is 0. The van der Waals surface area contributed by atoms with Crippen LogP contribution in [0.1, 0.15) is 31.9 Å². The zero-order valence-corrected chi connectivity index (χ0v) is 19.1. The summed E-state index contributed by atoms with van der Waals surface area (Å²) in [4.78, 5) is 7.21.